The monoisotopic (exact) mass is 609 g/mol. The first kappa shape index (κ1) is 32.0. The Labute approximate surface area is 253 Å². The molecule has 4 rings (SSSR count). The van der Waals surface area contributed by atoms with Gasteiger partial charge in [-0.25, -0.2) is 12.8 Å². The van der Waals surface area contributed by atoms with E-state index in [9.17, 15) is 22.4 Å². The van der Waals surface area contributed by atoms with E-state index in [1.54, 1.807) is 48.5 Å². The maximum absolute atomic E-state index is 14.2. The molecule has 1 aliphatic carbocycles. The molecule has 1 N–H and O–H groups in total. The third kappa shape index (κ3) is 8.13. The SMILES string of the molecule is CCC(C(=O)NC1CCCCC1)N(Cc1ccc(F)cc1)C(=O)CN(c1cccc(OC)c1)S(=O)(=O)c1ccc(C)cc1. The van der Waals surface area contributed by atoms with Gasteiger partial charge < -0.3 is 15.0 Å². The summed E-state index contributed by atoms with van der Waals surface area (Å²) in [6.45, 7) is 3.12. The largest absolute Gasteiger partial charge is 0.497 e. The molecule has 3 aromatic carbocycles. The van der Waals surface area contributed by atoms with Crippen molar-refractivity contribution in [2.75, 3.05) is 18.0 Å². The summed E-state index contributed by atoms with van der Waals surface area (Å²) >= 11 is 0. The average Bonchev–Trinajstić information content (AvgIpc) is 3.01. The van der Waals surface area contributed by atoms with Gasteiger partial charge in [0, 0.05) is 18.7 Å². The van der Waals surface area contributed by atoms with E-state index in [1.807, 2.05) is 13.8 Å². The summed E-state index contributed by atoms with van der Waals surface area (Å²) < 4.78 is 48.1. The molecule has 0 saturated heterocycles. The van der Waals surface area contributed by atoms with Crippen LogP contribution in [0, 0.1) is 12.7 Å². The van der Waals surface area contributed by atoms with Gasteiger partial charge in [0.05, 0.1) is 17.7 Å². The quantitative estimate of drug-likeness (QED) is 0.289. The summed E-state index contributed by atoms with van der Waals surface area (Å²) in [4.78, 5) is 29.3. The lowest BCUT2D eigenvalue weighted by atomic mass is 9.95. The fourth-order valence-corrected chi connectivity index (χ4v) is 6.79. The summed E-state index contributed by atoms with van der Waals surface area (Å²) in [6.07, 6.45) is 5.28. The van der Waals surface area contributed by atoms with E-state index in [0.717, 1.165) is 42.0 Å². The lowest BCUT2D eigenvalue weighted by molar-refractivity contribution is -0.140. The molecule has 8 nitrogen and oxygen atoms in total. The Morgan fingerprint density at radius 2 is 1.67 bits per heavy atom. The van der Waals surface area contributed by atoms with Gasteiger partial charge in [-0.15, -0.1) is 0 Å². The first-order valence-corrected chi connectivity index (χ1v) is 16.1. The number of hydrogen-bond acceptors (Lipinski definition) is 5. The molecule has 1 unspecified atom stereocenters. The van der Waals surface area contributed by atoms with Crippen molar-refractivity contribution >= 4 is 27.5 Å². The van der Waals surface area contributed by atoms with Crippen LogP contribution in [0.3, 0.4) is 0 Å². The second-order valence-electron chi connectivity index (χ2n) is 10.9. The highest BCUT2D eigenvalue weighted by molar-refractivity contribution is 7.92. The Morgan fingerprint density at radius 1 is 1.00 bits per heavy atom. The van der Waals surface area contributed by atoms with Crippen LogP contribution in [0.1, 0.15) is 56.6 Å². The Balaban J connectivity index is 1.71. The lowest BCUT2D eigenvalue weighted by Crippen LogP contribution is -2.54. The highest BCUT2D eigenvalue weighted by Crippen LogP contribution is 2.28. The molecule has 43 heavy (non-hydrogen) atoms. The van der Waals surface area contributed by atoms with Crippen LogP contribution in [-0.2, 0) is 26.2 Å². The van der Waals surface area contributed by atoms with Gasteiger partial charge in [-0.1, -0.05) is 62.1 Å². The van der Waals surface area contributed by atoms with E-state index in [0.29, 0.717) is 17.7 Å². The number of amides is 2. The first-order chi connectivity index (χ1) is 20.6. The van der Waals surface area contributed by atoms with E-state index >= 15 is 0 Å². The molecule has 230 valence electrons. The van der Waals surface area contributed by atoms with Gasteiger partial charge in [0.15, 0.2) is 0 Å². The fourth-order valence-electron chi connectivity index (χ4n) is 5.38. The minimum atomic E-state index is -4.20. The van der Waals surface area contributed by atoms with E-state index in [1.165, 1.54) is 36.3 Å². The van der Waals surface area contributed by atoms with Gasteiger partial charge in [-0.2, -0.15) is 0 Å². The van der Waals surface area contributed by atoms with Gasteiger partial charge in [-0.3, -0.25) is 13.9 Å². The molecule has 2 amide bonds. The Morgan fingerprint density at radius 3 is 2.30 bits per heavy atom. The van der Waals surface area contributed by atoms with Crippen LogP contribution in [0.15, 0.2) is 77.7 Å². The minimum Gasteiger partial charge on any atom is -0.497 e. The molecule has 0 spiro atoms. The molecule has 10 heteroatoms. The lowest BCUT2D eigenvalue weighted by Gasteiger charge is -2.34. The average molecular weight is 610 g/mol. The minimum absolute atomic E-state index is 0.00619. The van der Waals surface area contributed by atoms with E-state index in [2.05, 4.69) is 5.32 Å². The van der Waals surface area contributed by atoms with E-state index < -0.39 is 34.3 Å². The molecule has 0 aromatic heterocycles. The molecule has 0 bridgehead atoms. The smallest absolute Gasteiger partial charge is 0.264 e. The number of rotatable bonds is 12. The van der Waals surface area contributed by atoms with E-state index in [-0.39, 0.29) is 29.1 Å². The number of benzene rings is 3. The molecular formula is C33H40FN3O5S. The molecule has 0 radical (unpaired) electrons. The van der Waals surface area contributed by atoms with Crippen LogP contribution in [0.5, 0.6) is 5.75 Å². The summed E-state index contributed by atoms with van der Waals surface area (Å²) in [6, 6.07) is 17.8. The normalized spacial score (nSPS) is 14.5. The Hall–Kier alpha value is -3.92. The van der Waals surface area contributed by atoms with Crippen LogP contribution < -0.4 is 14.4 Å². The molecule has 0 heterocycles. The molecule has 1 aliphatic rings. The number of aryl methyl sites for hydroxylation is 1. The Kier molecular flexibility index (Phi) is 10.8. The molecule has 1 atom stereocenters. The van der Waals surface area contributed by atoms with Crippen molar-refractivity contribution in [1.82, 2.24) is 10.2 Å². The number of methoxy groups -OCH3 is 1. The number of carbonyl (C=O) groups is 2. The standard InChI is InChI=1S/C33H40FN3O5S/c1-4-31(33(39)35-27-9-6-5-7-10-27)36(22-25-15-17-26(34)18-16-25)32(38)23-37(28-11-8-12-29(21-28)42-3)43(40,41)30-19-13-24(2)14-20-30/h8,11-21,27,31H,4-7,9-10,22-23H2,1-3H3,(H,35,39). The van der Waals surface area contributed by atoms with Crippen molar-refractivity contribution < 1.29 is 27.1 Å². The summed E-state index contributed by atoms with van der Waals surface area (Å²) in [5.74, 6) is -0.833. The second-order valence-corrected chi connectivity index (χ2v) is 12.8. The highest BCUT2D eigenvalue weighted by Gasteiger charge is 2.34. The summed E-state index contributed by atoms with van der Waals surface area (Å²) in [5, 5.41) is 3.12. The number of anilines is 1. The predicted molar refractivity (Wildman–Crippen MR) is 165 cm³/mol. The third-order valence-corrected chi connectivity index (χ3v) is 9.62. The third-order valence-electron chi connectivity index (χ3n) is 7.83. The van der Waals surface area contributed by atoms with Crippen LogP contribution in [0.25, 0.3) is 0 Å². The van der Waals surface area contributed by atoms with Crippen molar-refractivity contribution in [2.45, 2.75) is 75.9 Å². The number of ether oxygens (including phenoxy) is 1. The topological polar surface area (TPSA) is 96.0 Å². The van der Waals surface area contributed by atoms with Crippen molar-refractivity contribution in [2.24, 2.45) is 0 Å². The predicted octanol–water partition coefficient (Wildman–Crippen LogP) is 5.59. The molecule has 3 aromatic rings. The Bertz CT molecular complexity index is 1490. The van der Waals surface area contributed by atoms with Crippen molar-refractivity contribution in [3.8, 4) is 5.75 Å². The summed E-state index contributed by atoms with van der Waals surface area (Å²) in [5.41, 5.74) is 1.76. The zero-order valence-corrected chi connectivity index (χ0v) is 25.8. The zero-order valence-electron chi connectivity index (χ0n) is 25.0. The van der Waals surface area contributed by atoms with Gasteiger partial charge in [-0.05, 0) is 68.1 Å². The van der Waals surface area contributed by atoms with Crippen LogP contribution in [0.4, 0.5) is 10.1 Å². The first-order valence-electron chi connectivity index (χ1n) is 14.7. The zero-order chi connectivity index (χ0) is 31.0. The van der Waals surface area contributed by atoms with E-state index in [4.69, 9.17) is 4.74 Å². The van der Waals surface area contributed by atoms with Gasteiger partial charge in [0.25, 0.3) is 10.0 Å². The highest BCUT2D eigenvalue weighted by atomic mass is 32.2. The van der Waals surface area contributed by atoms with Gasteiger partial charge in [0.1, 0.15) is 24.2 Å². The second kappa shape index (κ2) is 14.5. The number of halogens is 1. The van der Waals surface area contributed by atoms with Crippen LogP contribution in [0.2, 0.25) is 0 Å². The number of nitrogens with zero attached hydrogens (tertiary/aromatic N) is 2. The number of hydrogen-bond donors (Lipinski definition) is 1. The summed E-state index contributed by atoms with van der Waals surface area (Å²) in [7, 11) is -2.72. The van der Waals surface area contributed by atoms with Gasteiger partial charge in [0.2, 0.25) is 11.8 Å². The van der Waals surface area contributed by atoms with Gasteiger partial charge >= 0.3 is 0 Å². The molecular weight excluding hydrogens is 569 g/mol. The number of sulfonamides is 1. The van der Waals surface area contributed by atoms with Crippen molar-refractivity contribution in [3.63, 3.8) is 0 Å². The molecule has 1 saturated carbocycles. The van der Waals surface area contributed by atoms with Crippen molar-refractivity contribution in [1.29, 1.82) is 0 Å². The van der Waals surface area contributed by atoms with Crippen LogP contribution >= 0.6 is 0 Å². The van der Waals surface area contributed by atoms with Crippen LogP contribution in [-0.4, -0.2) is 50.9 Å². The maximum Gasteiger partial charge on any atom is 0.264 e. The molecule has 0 aliphatic heterocycles. The molecule has 1 fully saturated rings. The number of carbonyl (C=O) groups excluding carboxylic acids is 2. The fraction of sp³-hybridized carbons (Fsp3) is 0.394. The maximum atomic E-state index is 14.2. The number of nitrogens with one attached hydrogen (secondary N) is 1. The van der Waals surface area contributed by atoms with Crippen molar-refractivity contribution in [3.05, 3.63) is 89.7 Å².